The highest BCUT2D eigenvalue weighted by Crippen LogP contribution is 2.25. The molecule has 110 valence electrons. The topological polar surface area (TPSA) is 29.1 Å². The molecule has 1 amide bonds. The Bertz CT molecular complexity index is 610. The zero-order valence-electron chi connectivity index (χ0n) is 12.4. The average molecular weight is 302 g/mol. The van der Waals surface area contributed by atoms with E-state index in [-0.39, 0.29) is 11.8 Å². The summed E-state index contributed by atoms with van der Waals surface area (Å²) in [7, 11) is 0. The molecule has 2 aromatic carbocycles. The van der Waals surface area contributed by atoms with Crippen LogP contribution >= 0.6 is 11.6 Å². The molecule has 1 N–H and O–H groups in total. The maximum atomic E-state index is 12.6. The van der Waals surface area contributed by atoms with Crippen molar-refractivity contribution in [2.45, 2.75) is 32.6 Å². The van der Waals surface area contributed by atoms with Gasteiger partial charge in [-0.05, 0) is 42.7 Å². The molecule has 21 heavy (non-hydrogen) atoms. The van der Waals surface area contributed by atoms with Crippen molar-refractivity contribution in [3.63, 3.8) is 0 Å². The van der Waals surface area contributed by atoms with Gasteiger partial charge in [-0.2, -0.15) is 0 Å². The molecule has 0 aliphatic carbocycles. The van der Waals surface area contributed by atoms with Crippen molar-refractivity contribution in [2.24, 2.45) is 0 Å². The zero-order valence-corrected chi connectivity index (χ0v) is 13.2. The van der Waals surface area contributed by atoms with Crippen LogP contribution in [0.15, 0.2) is 48.5 Å². The molecule has 0 aliphatic heterocycles. The van der Waals surface area contributed by atoms with E-state index < -0.39 is 0 Å². The monoisotopic (exact) mass is 301 g/mol. The molecule has 0 unspecified atom stereocenters. The minimum atomic E-state index is -0.119. The van der Waals surface area contributed by atoms with Crippen LogP contribution in [0.4, 0.5) is 5.69 Å². The molecule has 0 saturated carbocycles. The number of hydrogen-bond acceptors (Lipinski definition) is 1. The molecule has 3 heteroatoms. The van der Waals surface area contributed by atoms with Gasteiger partial charge in [-0.15, -0.1) is 0 Å². The number of carbonyl (C=O) groups is 1. The van der Waals surface area contributed by atoms with E-state index in [1.807, 2.05) is 49.4 Å². The van der Waals surface area contributed by atoms with Gasteiger partial charge in [0, 0.05) is 10.7 Å². The summed E-state index contributed by atoms with van der Waals surface area (Å²) < 4.78 is 0. The summed E-state index contributed by atoms with van der Waals surface area (Å²) in [6.45, 7) is 4.04. The molecule has 2 aromatic rings. The van der Waals surface area contributed by atoms with Crippen LogP contribution < -0.4 is 5.32 Å². The third-order valence-corrected chi connectivity index (χ3v) is 3.78. The highest BCUT2D eigenvalue weighted by Gasteiger charge is 2.20. The minimum absolute atomic E-state index is 0.0356. The van der Waals surface area contributed by atoms with Gasteiger partial charge in [0.25, 0.3) is 0 Å². The largest absolute Gasteiger partial charge is 0.325 e. The van der Waals surface area contributed by atoms with Gasteiger partial charge in [0.15, 0.2) is 0 Å². The summed E-state index contributed by atoms with van der Waals surface area (Å²) in [6, 6.07) is 15.4. The van der Waals surface area contributed by atoms with Gasteiger partial charge in [-0.1, -0.05) is 55.3 Å². The van der Waals surface area contributed by atoms with Crippen LogP contribution in [-0.4, -0.2) is 5.91 Å². The van der Waals surface area contributed by atoms with Gasteiger partial charge in [-0.25, -0.2) is 0 Å². The number of benzene rings is 2. The third kappa shape index (κ3) is 4.08. The molecule has 0 spiro atoms. The number of nitrogens with one attached hydrogen (secondary N) is 1. The second kappa shape index (κ2) is 7.28. The molecule has 0 heterocycles. The third-order valence-electron chi connectivity index (χ3n) is 3.54. The van der Waals surface area contributed by atoms with Crippen molar-refractivity contribution < 1.29 is 4.79 Å². The molecule has 0 aliphatic rings. The van der Waals surface area contributed by atoms with E-state index in [2.05, 4.69) is 12.2 Å². The molecule has 0 bridgehead atoms. The van der Waals surface area contributed by atoms with Crippen LogP contribution in [-0.2, 0) is 4.79 Å². The maximum Gasteiger partial charge on any atom is 0.231 e. The van der Waals surface area contributed by atoms with Crippen molar-refractivity contribution in [1.82, 2.24) is 0 Å². The number of carbonyl (C=O) groups excluding carboxylic acids is 1. The Morgan fingerprint density at radius 2 is 1.90 bits per heavy atom. The Morgan fingerprint density at radius 1 is 1.19 bits per heavy atom. The lowest BCUT2D eigenvalue weighted by Gasteiger charge is -2.17. The van der Waals surface area contributed by atoms with E-state index >= 15 is 0 Å². The first-order valence-corrected chi connectivity index (χ1v) is 7.61. The van der Waals surface area contributed by atoms with Gasteiger partial charge in [0.2, 0.25) is 5.91 Å². The normalized spacial score (nSPS) is 12.0. The Kier molecular flexibility index (Phi) is 5.40. The lowest BCUT2D eigenvalue weighted by Crippen LogP contribution is -2.21. The molecule has 0 saturated heterocycles. The SMILES string of the molecule is CCC[C@H](C(=O)Nc1ccc(Cl)cc1C)c1ccccc1. The van der Waals surface area contributed by atoms with E-state index in [9.17, 15) is 4.79 Å². The summed E-state index contributed by atoms with van der Waals surface area (Å²) in [6.07, 6.45) is 1.80. The lowest BCUT2D eigenvalue weighted by atomic mass is 9.93. The van der Waals surface area contributed by atoms with E-state index in [0.717, 1.165) is 29.7 Å². The van der Waals surface area contributed by atoms with Crippen molar-refractivity contribution in [3.8, 4) is 0 Å². The zero-order chi connectivity index (χ0) is 15.2. The van der Waals surface area contributed by atoms with E-state index in [0.29, 0.717) is 5.02 Å². The smallest absolute Gasteiger partial charge is 0.231 e. The summed E-state index contributed by atoms with van der Waals surface area (Å²) in [4.78, 5) is 12.6. The summed E-state index contributed by atoms with van der Waals surface area (Å²) in [5.74, 6) is -0.0836. The van der Waals surface area contributed by atoms with Crippen LogP contribution in [0.5, 0.6) is 0 Å². The summed E-state index contributed by atoms with van der Waals surface area (Å²) in [5, 5.41) is 3.70. The second-order valence-electron chi connectivity index (χ2n) is 5.20. The van der Waals surface area contributed by atoms with Crippen LogP contribution in [0.3, 0.4) is 0 Å². The highest BCUT2D eigenvalue weighted by molar-refractivity contribution is 6.30. The van der Waals surface area contributed by atoms with Crippen LogP contribution in [0, 0.1) is 6.92 Å². The highest BCUT2D eigenvalue weighted by atomic mass is 35.5. The van der Waals surface area contributed by atoms with Crippen LogP contribution in [0.1, 0.15) is 36.8 Å². The Morgan fingerprint density at radius 3 is 2.52 bits per heavy atom. The van der Waals surface area contributed by atoms with Crippen molar-refractivity contribution in [2.75, 3.05) is 5.32 Å². The Hall–Kier alpha value is -1.80. The fourth-order valence-electron chi connectivity index (χ4n) is 2.41. The van der Waals surface area contributed by atoms with E-state index in [4.69, 9.17) is 11.6 Å². The summed E-state index contributed by atoms with van der Waals surface area (Å²) in [5.41, 5.74) is 2.85. The second-order valence-corrected chi connectivity index (χ2v) is 5.64. The number of hydrogen-bond donors (Lipinski definition) is 1. The van der Waals surface area contributed by atoms with Gasteiger partial charge >= 0.3 is 0 Å². The first kappa shape index (κ1) is 15.6. The number of amides is 1. The molecule has 0 fully saturated rings. The van der Waals surface area contributed by atoms with Crippen molar-refractivity contribution >= 4 is 23.2 Å². The van der Waals surface area contributed by atoms with Gasteiger partial charge < -0.3 is 5.32 Å². The molecular weight excluding hydrogens is 282 g/mol. The number of halogens is 1. The maximum absolute atomic E-state index is 12.6. The van der Waals surface area contributed by atoms with Crippen molar-refractivity contribution in [1.29, 1.82) is 0 Å². The Balaban J connectivity index is 2.19. The lowest BCUT2D eigenvalue weighted by molar-refractivity contribution is -0.117. The van der Waals surface area contributed by atoms with E-state index in [1.165, 1.54) is 0 Å². The Labute approximate surface area is 131 Å². The van der Waals surface area contributed by atoms with E-state index in [1.54, 1.807) is 6.07 Å². The number of rotatable bonds is 5. The standard InChI is InChI=1S/C18H20ClNO/c1-3-7-16(14-8-5-4-6-9-14)18(21)20-17-11-10-15(19)12-13(17)2/h4-6,8-12,16H,3,7H2,1-2H3,(H,20,21)/t16-/m0/s1. The fraction of sp³-hybridized carbons (Fsp3) is 0.278. The quantitative estimate of drug-likeness (QED) is 0.811. The van der Waals surface area contributed by atoms with Crippen LogP contribution in [0.2, 0.25) is 5.02 Å². The van der Waals surface area contributed by atoms with Crippen LogP contribution in [0.25, 0.3) is 0 Å². The average Bonchev–Trinajstić information content (AvgIpc) is 2.48. The van der Waals surface area contributed by atoms with Crippen molar-refractivity contribution in [3.05, 3.63) is 64.7 Å². The van der Waals surface area contributed by atoms with Gasteiger partial charge in [-0.3, -0.25) is 4.79 Å². The molecule has 2 rings (SSSR count). The molecule has 1 atom stereocenters. The first-order valence-electron chi connectivity index (χ1n) is 7.23. The van der Waals surface area contributed by atoms with Gasteiger partial charge in [0.05, 0.1) is 5.92 Å². The molecule has 0 aromatic heterocycles. The number of aryl methyl sites for hydroxylation is 1. The predicted molar refractivity (Wildman–Crippen MR) is 88.9 cm³/mol. The fourth-order valence-corrected chi connectivity index (χ4v) is 2.64. The summed E-state index contributed by atoms with van der Waals surface area (Å²) >= 11 is 5.95. The molecule has 2 nitrogen and oxygen atoms in total. The van der Waals surface area contributed by atoms with Gasteiger partial charge in [0.1, 0.15) is 0 Å². The minimum Gasteiger partial charge on any atom is -0.325 e. The number of anilines is 1. The molecule has 0 radical (unpaired) electrons. The predicted octanol–water partition coefficient (Wildman–Crippen LogP) is 5.17. The first-order chi connectivity index (χ1) is 10.1. The molecular formula is C18H20ClNO.